The third-order valence-corrected chi connectivity index (χ3v) is 6.81. The number of hydrogen-bond donors (Lipinski definition) is 0. The Labute approximate surface area is 168 Å². The molecule has 5 heteroatoms. The number of carbonyl (C=O) groups is 1. The number of hydrogen-bond acceptors (Lipinski definition) is 4. The second-order valence-electron chi connectivity index (χ2n) is 8.37. The highest BCUT2D eigenvalue weighted by molar-refractivity contribution is 5.96. The first-order valence-electron chi connectivity index (χ1n) is 10.6. The van der Waals surface area contributed by atoms with Crippen LogP contribution in [0.25, 0.3) is 0 Å². The summed E-state index contributed by atoms with van der Waals surface area (Å²) in [4.78, 5) is 18.3. The third-order valence-electron chi connectivity index (χ3n) is 6.81. The molecule has 1 aromatic rings. The van der Waals surface area contributed by atoms with E-state index in [1.165, 1.54) is 0 Å². The van der Waals surface area contributed by atoms with Gasteiger partial charge in [0, 0.05) is 63.2 Å². The SMILES string of the molecule is C=CCN(C(=O)[C@H]1CN(C2CCOCC2)CC12CCOCC2)c1ccccc1. The monoisotopic (exact) mass is 384 g/mol. The maximum atomic E-state index is 13.8. The Bertz CT molecular complexity index is 666. The Morgan fingerprint density at radius 1 is 1.14 bits per heavy atom. The van der Waals surface area contributed by atoms with E-state index in [0.717, 1.165) is 70.9 Å². The summed E-state index contributed by atoms with van der Waals surface area (Å²) in [7, 11) is 0. The minimum atomic E-state index is 0.0133. The minimum Gasteiger partial charge on any atom is -0.381 e. The lowest BCUT2D eigenvalue weighted by molar-refractivity contribution is -0.127. The highest BCUT2D eigenvalue weighted by atomic mass is 16.5. The molecule has 0 bridgehead atoms. The first-order valence-corrected chi connectivity index (χ1v) is 10.6. The van der Waals surface area contributed by atoms with Gasteiger partial charge in [-0.15, -0.1) is 6.58 Å². The molecule has 0 aromatic heterocycles. The number of benzene rings is 1. The number of likely N-dealkylation sites (tertiary alicyclic amines) is 1. The Morgan fingerprint density at radius 2 is 1.82 bits per heavy atom. The Balaban J connectivity index is 1.60. The number of para-hydroxylation sites is 1. The molecule has 1 aromatic carbocycles. The van der Waals surface area contributed by atoms with Crippen LogP contribution < -0.4 is 4.90 Å². The van der Waals surface area contributed by atoms with E-state index in [2.05, 4.69) is 11.5 Å². The van der Waals surface area contributed by atoms with Crippen LogP contribution >= 0.6 is 0 Å². The van der Waals surface area contributed by atoms with Crippen molar-refractivity contribution >= 4 is 11.6 Å². The average Bonchev–Trinajstić information content (AvgIpc) is 3.12. The molecular formula is C23H32N2O3. The van der Waals surface area contributed by atoms with Gasteiger partial charge in [-0.25, -0.2) is 0 Å². The number of nitrogens with zero attached hydrogens (tertiary/aromatic N) is 2. The van der Waals surface area contributed by atoms with Crippen molar-refractivity contribution in [3.05, 3.63) is 43.0 Å². The van der Waals surface area contributed by atoms with Crippen LogP contribution in [0.4, 0.5) is 5.69 Å². The fraction of sp³-hybridized carbons (Fsp3) is 0.609. The molecule has 3 fully saturated rings. The van der Waals surface area contributed by atoms with Gasteiger partial charge in [0.2, 0.25) is 5.91 Å². The largest absolute Gasteiger partial charge is 0.381 e. The number of carbonyl (C=O) groups excluding carboxylic acids is 1. The quantitative estimate of drug-likeness (QED) is 0.732. The van der Waals surface area contributed by atoms with Gasteiger partial charge in [-0.2, -0.15) is 0 Å². The summed E-state index contributed by atoms with van der Waals surface area (Å²) in [6, 6.07) is 10.5. The van der Waals surface area contributed by atoms with Crippen LogP contribution in [0.2, 0.25) is 0 Å². The van der Waals surface area contributed by atoms with Gasteiger partial charge in [-0.1, -0.05) is 24.3 Å². The summed E-state index contributed by atoms with van der Waals surface area (Å²) >= 11 is 0. The molecule has 0 unspecified atom stereocenters. The molecule has 3 saturated heterocycles. The van der Waals surface area contributed by atoms with Crippen LogP contribution in [0.15, 0.2) is 43.0 Å². The molecule has 4 rings (SSSR count). The molecule has 0 saturated carbocycles. The molecular weight excluding hydrogens is 352 g/mol. The van der Waals surface area contributed by atoms with E-state index in [9.17, 15) is 4.79 Å². The normalized spacial score (nSPS) is 25.6. The van der Waals surface area contributed by atoms with Gasteiger partial charge < -0.3 is 14.4 Å². The highest BCUT2D eigenvalue weighted by Crippen LogP contribution is 2.46. The van der Waals surface area contributed by atoms with Gasteiger partial charge in [0.05, 0.1) is 5.92 Å². The first kappa shape index (κ1) is 19.6. The van der Waals surface area contributed by atoms with E-state index in [1.807, 2.05) is 41.3 Å². The summed E-state index contributed by atoms with van der Waals surface area (Å²) < 4.78 is 11.2. The van der Waals surface area contributed by atoms with Gasteiger partial charge in [-0.05, 0) is 37.8 Å². The predicted molar refractivity (Wildman–Crippen MR) is 110 cm³/mol. The Kier molecular flexibility index (Phi) is 6.14. The van der Waals surface area contributed by atoms with Crippen molar-refractivity contribution in [1.29, 1.82) is 0 Å². The molecule has 3 aliphatic heterocycles. The van der Waals surface area contributed by atoms with Crippen LogP contribution in [0.1, 0.15) is 25.7 Å². The second kappa shape index (κ2) is 8.76. The molecule has 1 atom stereocenters. The van der Waals surface area contributed by atoms with Crippen LogP contribution in [0.3, 0.4) is 0 Å². The molecule has 1 amide bonds. The van der Waals surface area contributed by atoms with Crippen LogP contribution in [0.5, 0.6) is 0 Å². The van der Waals surface area contributed by atoms with Gasteiger partial charge in [0.25, 0.3) is 0 Å². The van der Waals surface area contributed by atoms with E-state index in [0.29, 0.717) is 12.6 Å². The topological polar surface area (TPSA) is 42.0 Å². The van der Waals surface area contributed by atoms with E-state index in [4.69, 9.17) is 9.47 Å². The fourth-order valence-corrected chi connectivity index (χ4v) is 5.21. The van der Waals surface area contributed by atoms with E-state index in [-0.39, 0.29) is 17.2 Å². The molecule has 5 nitrogen and oxygen atoms in total. The maximum absolute atomic E-state index is 13.8. The Hall–Kier alpha value is -1.69. The number of rotatable bonds is 5. The van der Waals surface area contributed by atoms with Gasteiger partial charge >= 0.3 is 0 Å². The van der Waals surface area contributed by atoms with Gasteiger partial charge in [0.1, 0.15) is 0 Å². The minimum absolute atomic E-state index is 0.0133. The molecule has 28 heavy (non-hydrogen) atoms. The van der Waals surface area contributed by atoms with Crippen molar-refractivity contribution in [2.75, 3.05) is 51.0 Å². The zero-order valence-corrected chi connectivity index (χ0v) is 16.7. The Morgan fingerprint density at radius 3 is 2.50 bits per heavy atom. The molecule has 0 N–H and O–H groups in total. The van der Waals surface area contributed by atoms with Crippen molar-refractivity contribution in [2.24, 2.45) is 11.3 Å². The number of anilines is 1. The summed E-state index contributed by atoms with van der Waals surface area (Å²) in [5.41, 5.74) is 0.987. The second-order valence-corrected chi connectivity index (χ2v) is 8.37. The summed E-state index contributed by atoms with van der Waals surface area (Å²) in [6.07, 6.45) is 5.91. The van der Waals surface area contributed by atoms with Crippen LogP contribution in [-0.2, 0) is 14.3 Å². The first-order chi connectivity index (χ1) is 13.7. The molecule has 3 aliphatic rings. The van der Waals surface area contributed by atoms with Crippen molar-refractivity contribution in [3.63, 3.8) is 0 Å². The van der Waals surface area contributed by atoms with Gasteiger partial charge in [-0.3, -0.25) is 9.69 Å². The van der Waals surface area contributed by atoms with Crippen molar-refractivity contribution in [1.82, 2.24) is 4.90 Å². The van der Waals surface area contributed by atoms with Crippen molar-refractivity contribution in [2.45, 2.75) is 31.7 Å². The molecule has 0 aliphatic carbocycles. The van der Waals surface area contributed by atoms with Crippen molar-refractivity contribution in [3.8, 4) is 0 Å². The van der Waals surface area contributed by atoms with Crippen molar-refractivity contribution < 1.29 is 14.3 Å². The standard InChI is InChI=1S/C23H32N2O3/c1-2-12-25(20-6-4-3-5-7-20)22(26)21-17-24(19-8-13-27-14-9-19)18-23(21)10-15-28-16-11-23/h2-7,19,21H,1,8-18H2/t21-/m1/s1. The predicted octanol–water partition coefficient (Wildman–Crippen LogP) is 3.11. The lowest BCUT2D eigenvalue weighted by atomic mass is 9.71. The molecule has 3 heterocycles. The summed E-state index contributed by atoms with van der Waals surface area (Å²) in [5, 5.41) is 0. The zero-order chi connectivity index (χ0) is 19.4. The molecule has 1 spiro atoms. The highest BCUT2D eigenvalue weighted by Gasteiger charge is 2.52. The summed E-state index contributed by atoms with van der Waals surface area (Å²) in [6.45, 7) is 9.49. The molecule has 0 radical (unpaired) electrons. The molecule has 152 valence electrons. The van der Waals surface area contributed by atoms with E-state index >= 15 is 0 Å². The van der Waals surface area contributed by atoms with Crippen LogP contribution in [0, 0.1) is 11.3 Å². The lowest BCUT2D eigenvalue weighted by Gasteiger charge is -2.39. The zero-order valence-electron chi connectivity index (χ0n) is 16.7. The van der Waals surface area contributed by atoms with E-state index in [1.54, 1.807) is 0 Å². The van der Waals surface area contributed by atoms with E-state index < -0.39 is 0 Å². The summed E-state index contributed by atoms with van der Waals surface area (Å²) in [5.74, 6) is 0.252. The average molecular weight is 385 g/mol. The van der Waals surface area contributed by atoms with Crippen LogP contribution in [-0.4, -0.2) is 62.9 Å². The number of amides is 1. The smallest absolute Gasteiger partial charge is 0.232 e. The third kappa shape index (κ3) is 3.88. The lowest BCUT2D eigenvalue weighted by Crippen LogP contribution is -2.46. The van der Waals surface area contributed by atoms with Gasteiger partial charge in [0.15, 0.2) is 0 Å². The maximum Gasteiger partial charge on any atom is 0.232 e. The fourth-order valence-electron chi connectivity index (χ4n) is 5.21. The number of ether oxygens (including phenoxy) is 2.